The first kappa shape index (κ1) is 20.9. The minimum absolute atomic E-state index is 0.342. The van der Waals surface area contributed by atoms with Crippen LogP contribution in [0.15, 0.2) is 65.8 Å². The van der Waals surface area contributed by atoms with Crippen molar-refractivity contribution in [2.45, 2.75) is 0 Å². The van der Waals surface area contributed by atoms with Gasteiger partial charge in [0.2, 0.25) is 0 Å². The molecule has 1 heterocycles. The first-order valence-corrected chi connectivity index (χ1v) is 9.81. The summed E-state index contributed by atoms with van der Waals surface area (Å²) in [6, 6.07) is 18.2. The molecule has 0 bridgehead atoms. The number of carbonyl (C=O) groups is 1. The average molecular weight is 430 g/mol. The van der Waals surface area contributed by atoms with Crippen LogP contribution >= 0.6 is 0 Å². The van der Waals surface area contributed by atoms with Crippen LogP contribution in [-0.2, 0) is 0 Å². The van der Waals surface area contributed by atoms with Gasteiger partial charge in [0.1, 0.15) is 23.1 Å². The number of benzene rings is 3. The van der Waals surface area contributed by atoms with Crippen molar-refractivity contribution in [2.24, 2.45) is 5.10 Å². The van der Waals surface area contributed by atoms with Crippen LogP contribution in [0, 0.1) is 0 Å². The third kappa shape index (κ3) is 4.39. The predicted octanol–water partition coefficient (Wildman–Crippen LogP) is 4.02. The van der Waals surface area contributed by atoms with Gasteiger partial charge in [-0.05, 0) is 60.7 Å². The summed E-state index contributed by atoms with van der Waals surface area (Å²) in [7, 11) is 4.77. The zero-order chi connectivity index (χ0) is 22.5. The lowest BCUT2D eigenvalue weighted by Crippen LogP contribution is -2.17. The Bertz CT molecular complexity index is 1280. The molecule has 0 saturated heterocycles. The van der Waals surface area contributed by atoms with Crippen molar-refractivity contribution in [1.29, 1.82) is 0 Å². The lowest BCUT2D eigenvalue weighted by Gasteiger charge is -2.06. The van der Waals surface area contributed by atoms with Gasteiger partial charge in [0, 0.05) is 16.7 Å². The van der Waals surface area contributed by atoms with Crippen LogP contribution in [0.2, 0.25) is 0 Å². The molecule has 32 heavy (non-hydrogen) atoms. The Hall–Kier alpha value is -4.33. The number of nitrogens with one attached hydrogen (secondary N) is 2. The number of carbonyl (C=O) groups excluding carboxylic acids is 1. The number of aromatic amines is 1. The standard InChI is InChI=1S/C24H22N4O4/c1-30-18-7-4-15(5-8-18)23-26-20-10-6-16(13-21(20)27-23)24(29)28-25-14-17-12-19(31-2)9-11-22(17)32-3/h4-14H,1-3H3,(H,26,27)(H,28,29). The molecule has 4 rings (SSSR count). The van der Waals surface area contributed by atoms with Crippen molar-refractivity contribution in [1.82, 2.24) is 15.4 Å². The summed E-state index contributed by atoms with van der Waals surface area (Å²) >= 11 is 0. The third-order valence-corrected chi connectivity index (χ3v) is 4.91. The van der Waals surface area contributed by atoms with Crippen molar-refractivity contribution < 1.29 is 19.0 Å². The molecular formula is C24H22N4O4. The molecule has 0 radical (unpaired) electrons. The van der Waals surface area contributed by atoms with Crippen molar-refractivity contribution in [3.8, 4) is 28.6 Å². The Morgan fingerprint density at radius 1 is 0.938 bits per heavy atom. The van der Waals surface area contributed by atoms with Crippen LogP contribution in [0.1, 0.15) is 15.9 Å². The fourth-order valence-corrected chi connectivity index (χ4v) is 3.20. The fourth-order valence-electron chi connectivity index (χ4n) is 3.20. The first-order chi connectivity index (χ1) is 15.6. The molecule has 0 atom stereocenters. The van der Waals surface area contributed by atoms with Crippen LogP contribution in [-0.4, -0.2) is 43.4 Å². The average Bonchev–Trinajstić information content (AvgIpc) is 3.27. The van der Waals surface area contributed by atoms with Crippen molar-refractivity contribution >= 4 is 23.2 Å². The third-order valence-electron chi connectivity index (χ3n) is 4.91. The molecule has 3 aromatic carbocycles. The van der Waals surface area contributed by atoms with Crippen LogP contribution in [0.25, 0.3) is 22.4 Å². The Kier molecular flexibility index (Phi) is 6.03. The van der Waals surface area contributed by atoms with E-state index in [1.54, 1.807) is 57.7 Å². The first-order valence-electron chi connectivity index (χ1n) is 9.81. The number of imidazole rings is 1. The van der Waals surface area contributed by atoms with E-state index in [0.717, 1.165) is 22.3 Å². The quantitative estimate of drug-likeness (QED) is 0.341. The summed E-state index contributed by atoms with van der Waals surface area (Å²) in [5, 5.41) is 4.05. The summed E-state index contributed by atoms with van der Waals surface area (Å²) < 4.78 is 15.7. The molecule has 0 unspecified atom stereocenters. The monoisotopic (exact) mass is 430 g/mol. The maximum atomic E-state index is 12.6. The Morgan fingerprint density at radius 3 is 2.41 bits per heavy atom. The van der Waals surface area contributed by atoms with Crippen molar-refractivity contribution in [3.05, 3.63) is 71.8 Å². The van der Waals surface area contributed by atoms with Gasteiger partial charge in [-0.3, -0.25) is 4.79 Å². The van der Waals surface area contributed by atoms with E-state index in [0.29, 0.717) is 28.5 Å². The second kappa shape index (κ2) is 9.22. The number of ether oxygens (including phenoxy) is 3. The number of H-pyrrole nitrogens is 1. The van der Waals surface area contributed by atoms with Gasteiger partial charge in [0.05, 0.1) is 38.6 Å². The van der Waals surface area contributed by atoms with Gasteiger partial charge in [0.15, 0.2) is 0 Å². The number of hydrogen-bond donors (Lipinski definition) is 2. The van der Waals surface area contributed by atoms with E-state index in [9.17, 15) is 4.79 Å². The Balaban J connectivity index is 1.51. The molecule has 0 fully saturated rings. The van der Waals surface area contributed by atoms with Crippen molar-refractivity contribution in [2.75, 3.05) is 21.3 Å². The molecule has 2 N–H and O–H groups in total. The molecule has 0 aliphatic rings. The minimum Gasteiger partial charge on any atom is -0.497 e. The summed E-state index contributed by atoms with van der Waals surface area (Å²) in [4.78, 5) is 20.4. The van der Waals surface area contributed by atoms with Gasteiger partial charge in [-0.1, -0.05) is 0 Å². The summed E-state index contributed by atoms with van der Waals surface area (Å²) in [6.07, 6.45) is 1.51. The number of hydrazone groups is 1. The van der Waals surface area contributed by atoms with Gasteiger partial charge in [-0.25, -0.2) is 10.4 Å². The van der Waals surface area contributed by atoms with Crippen LogP contribution in [0.5, 0.6) is 17.2 Å². The summed E-state index contributed by atoms with van der Waals surface area (Å²) in [5.74, 6) is 2.43. The molecule has 162 valence electrons. The molecule has 8 nitrogen and oxygen atoms in total. The predicted molar refractivity (Wildman–Crippen MR) is 123 cm³/mol. The maximum Gasteiger partial charge on any atom is 0.271 e. The highest BCUT2D eigenvalue weighted by Crippen LogP contribution is 2.24. The van der Waals surface area contributed by atoms with Crippen LogP contribution in [0.4, 0.5) is 0 Å². The molecule has 0 saturated carbocycles. The molecular weight excluding hydrogens is 408 g/mol. The van der Waals surface area contributed by atoms with Crippen molar-refractivity contribution in [3.63, 3.8) is 0 Å². The van der Waals surface area contributed by atoms with Gasteiger partial charge >= 0.3 is 0 Å². The normalized spacial score (nSPS) is 11.0. The number of nitrogens with zero attached hydrogens (tertiary/aromatic N) is 2. The number of aromatic nitrogens is 2. The topological polar surface area (TPSA) is 97.8 Å². The van der Waals surface area contributed by atoms with E-state index >= 15 is 0 Å². The number of methoxy groups -OCH3 is 3. The molecule has 1 amide bonds. The SMILES string of the molecule is COc1ccc(-c2nc3ccc(C(=O)NN=Cc4cc(OC)ccc4OC)cc3[nH]2)cc1. The highest BCUT2D eigenvalue weighted by molar-refractivity contribution is 5.98. The smallest absolute Gasteiger partial charge is 0.271 e. The minimum atomic E-state index is -0.342. The summed E-state index contributed by atoms with van der Waals surface area (Å²) in [6.45, 7) is 0. The number of amides is 1. The van der Waals surface area contributed by atoms with E-state index < -0.39 is 0 Å². The molecule has 0 aliphatic heterocycles. The summed E-state index contributed by atoms with van der Waals surface area (Å²) in [5.41, 5.74) is 6.11. The molecule has 0 aliphatic carbocycles. The molecule has 4 aromatic rings. The molecule has 1 aromatic heterocycles. The van der Waals surface area contributed by atoms with E-state index in [1.807, 2.05) is 24.3 Å². The second-order valence-electron chi connectivity index (χ2n) is 6.85. The zero-order valence-corrected chi connectivity index (χ0v) is 17.9. The zero-order valence-electron chi connectivity index (χ0n) is 17.9. The molecule has 0 spiro atoms. The largest absolute Gasteiger partial charge is 0.497 e. The van der Waals surface area contributed by atoms with Gasteiger partial charge in [-0.15, -0.1) is 0 Å². The maximum absolute atomic E-state index is 12.6. The van der Waals surface area contributed by atoms with Gasteiger partial charge in [0.25, 0.3) is 5.91 Å². The number of rotatable bonds is 7. The second-order valence-corrected chi connectivity index (χ2v) is 6.85. The highest BCUT2D eigenvalue weighted by atomic mass is 16.5. The van der Waals surface area contributed by atoms with E-state index in [-0.39, 0.29) is 5.91 Å². The Morgan fingerprint density at radius 2 is 1.69 bits per heavy atom. The number of hydrogen-bond acceptors (Lipinski definition) is 6. The lowest BCUT2D eigenvalue weighted by atomic mass is 10.2. The number of fused-ring (bicyclic) bond motifs is 1. The van der Waals surface area contributed by atoms with Crippen LogP contribution < -0.4 is 19.6 Å². The van der Waals surface area contributed by atoms with Gasteiger partial charge in [-0.2, -0.15) is 5.10 Å². The molecule has 8 heteroatoms. The fraction of sp³-hybridized carbons (Fsp3) is 0.125. The Labute approximate surface area is 184 Å². The van der Waals surface area contributed by atoms with E-state index in [2.05, 4.69) is 20.5 Å². The van der Waals surface area contributed by atoms with Gasteiger partial charge < -0.3 is 19.2 Å². The van der Waals surface area contributed by atoms with E-state index in [1.165, 1.54) is 6.21 Å². The highest BCUT2D eigenvalue weighted by Gasteiger charge is 2.10. The lowest BCUT2D eigenvalue weighted by molar-refractivity contribution is 0.0955. The van der Waals surface area contributed by atoms with Crippen LogP contribution in [0.3, 0.4) is 0 Å². The van der Waals surface area contributed by atoms with E-state index in [4.69, 9.17) is 14.2 Å².